The number of hydrogen-bond donors (Lipinski definition) is 0. The molecule has 0 radical (unpaired) electrons. The summed E-state index contributed by atoms with van der Waals surface area (Å²) in [5, 5.41) is 0. The van der Waals surface area contributed by atoms with E-state index < -0.39 is 5.97 Å². The molecular formula is C19H17NO3. The van der Waals surface area contributed by atoms with Crippen LogP contribution in [0.3, 0.4) is 0 Å². The number of nitrogens with zero attached hydrogens (tertiary/aromatic N) is 1. The van der Waals surface area contributed by atoms with Gasteiger partial charge in [0.15, 0.2) is 5.70 Å². The summed E-state index contributed by atoms with van der Waals surface area (Å²) in [4.78, 5) is 16.3. The zero-order valence-corrected chi connectivity index (χ0v) is 13.1. The van der Waals surface area contributed by atoms with Gasteiger partial charge < -0.3 is 9.15 Å². The predicted octanol–water partition coefficient (Wildman–Crippen LogP) is 4.06. The van der Waals surface area contributed by atoms with E-state index in [1.165, 1.54) is 6.42 Å². The lowest BCUT2D eigenvalue weighted by Gasteiger charge is -1.99. The highest BCUT2D eigenvalue weighted by Crippen LogP contribution is 2.47. The normalized spacial score (nSPS) is 24.7. The standard InChI is InChI=1S/C19H17NO3/c1-11-4-3-5-13(8-11)18-20-16(19(21)23-18)10-14-6-7-17(22-14)15-9-12(15)2/h3-8,10,12,15H,9H2,1-2H3/b16-10-/t12-,15-/m0/s1. The average Bonchev–Trinajstić information content (AvgIpc) is 2.94. The number of aryl methyl sites for hydroxylation is 1. The topological polar surface area (TPSA) is 51.8 Å². The maximum absolute atomic E-state index is 12.0. The second-order valence-electron chi connectivity index (χ2n) is 6.27. The van der Waals surface area contributed by atoms with Crippen LogP contribution in [0, 0.1) is 12.8 Å². The van der Waals surface area contributed by atoms with Crippen LogP contribution >= 0.6 is 0 Å². The van der Waals surface area contributed by atoms with Crippen LogP contribution in [-0.2, 0) is 9.53 Å². The van der Waals surface area contributed by atoms with Crippen LogP contribution in [-0.4, -0.2) is 11.9 Å². The van der Waals surface area contributed by atoms with Crippen LogP contribution in [0.5, 0.6) is 0 Å². The number of carbonyl (C=O) groups is 1. The summed E-state index contributed by atoms with van der Waals surface area (Å²) in [6, 6.07) is 11.6. The van der Waals surface area contributed by atoms with Crippen LogP contribution < -0.4 is 0 Å². The SMILES string of the molecule is Cc1cccc(C2=N/C(=C\c3ccc([C@H]4C[C@@H]4C)o3)C(=O)O2)c1. The fourth-order valence-electron chi connectivity index (χ4n) is 2.81. The highest BCUT2D eigenvalue weighted by molar-refractivity contribution is 6.12. The third kappa shape index (κ3) is 2.72. The van der Waals surface area contributed by atoms with E-state index in [0.29, 0.717) is 23.5 Å². The van der Waals surface area contributed by atoms with Crippen molar-refractivity contribution in [3.8, 4) is 0 Å². The molecule has 1 aromatic heterocycles. The van der Waals surface area contributed by atoms with E-state index in [0.717, 1.165) is 16.9 Å². The minimum absolute atomic E-state index is 0.270. The number of benzene rings is 1. The van der Waals surface area contributed by atoms with Gasteiger partial charge in [-0.3, -0.25) is 0 Å². The first-order valence-electron chi connectivity index (χ1n) is 7.79. The maximum Gasteiger partial charge on any atom is 0.363 e. The number of furan rings is 1. The van der Waals surface area contributed by atoms with Crippen molar-refractivity contribution in [2.24, 2.45) is 10.9 Å². The molecule has 0 spiro atoms. The lowest BCUT2D eigenvalue weighted by Crippen LogP contribution is -2.05. The van der Waals surface area contributed by atoms with Gasteiger partial charge in [-0.1, -0.05) is 24.6 Å². The van der Waals surface area contributed by atoms with E-state index in [-0.39, 0.29) is 5.70 Å². The van der Waals surface area contributed by atoms with Gasteiger partial charge in [0.25, 0.3) is 0 Å². The molecule has 2 aromatic rings. The molecule has 1 aliphatic heterocycles. The van der Waals surface area contributed by atoms with Gasteiger partial charge in [0, 0.05) is 17.6 Å². The first-order chi connectivity index (χ1) is 11.1. The Morgan fingerprint density at radius 2 is 2.09 bits per heavy atom. The molecule has 1 aromatic carbocycles. The molecule has 0 unspecified atom stereocenters. The van der Waals surface area contributed by atoms with Gasteiger partial charge in [0.05, 0.1) is 0 Å². The molecule has 0 saturated heterocycles. The zero-order chi connectivity index (χ0) is 16.0. The van der Waals surface area contributed by atoms with Crippen molar-refractivity contribution < 1.29 is 13.9 Å². The lowest BCUT2D eigenvalue weighted by molar-refractivity contribution is -0.129. The molecule has 0 N–H and O–H groups in total. The van der Waals surface area contributed by atoms with Crippen LogP contribution in [0.2, 0.25) is 0 Å². The van der Waals surface area contributed by atoms with Gasteiger partial charge in [0.1, 0.15) is 11.5 Å². The summed E-state index contributed by atoms with van der Waals surface area (Å²) < 4.78 is 11.1. The number of cyclic esters (lactones) is 1. The molecule has 4 heteroatoms. The number of esters is 1. The Hall–Kier alpha value is -2.62. The quantitative estimate of drug-likeness (QED) is 0.635. The summed E-state index contributed by atoms with van der Waals surface area (Å²) in [6.45, 7) is 4.19. The number of rotatable bonds is 3. The molecule has 1 fully saturated rings. The molecule has 0 bridgehead atoms. The van der Waals surface area contributed by atoms with Gasteiger partial charge in [-0.15, -0.1) is 0 Å². The van der Waals surface area contributed by atoms with Crippen molar-refractivity contribution in [2.45, 2.75) is 26.2 Å². The molecule has 4 nitrogen and oxygen atoms in total. The summed E-state index contributed by atoms with van der Waals surface area (Å²) in [5.41, 5.74) is 2.16. The van der Waals surface area contributed by atoms with Crippen molar-refractivity contribution in [3.05, 3.63) is 64.7 Å². The first kappa shape index (κ1) is 14.0. The molecule has 1 saturated carbocycles. The minimum Gasteiger partial charge on any atom is -0.461 e. The monoisotopic (exact) mass is 307 g/mol. The van der Waals surface area contributed by atoms with E-state index in [4.69, 9.17) is 9.15 Å². The fourth-order valence-corrected chi connectivity index (χ4v) is 2.81. The van der Waals surface area contributed by atoms with Crippen LogP contribution in [0.1, 0.15) is 41.9 Å². The Balaban J connectivity index is 1.60. The summed E-state index contributed by atoms with van der Waals surface area (Å²) in [6.07, 6.45) is 2.81. The molecule has 1 aliphatic carbocycles. The van der Waals surface area contributed by atoms with Crippen molar-refractivity contribution >= 4 is 17.9 Å². The molecule has 116 valence electrons. The van der Waals surface area contributed by atoms with Crippen LogP contribution in [0.15, 0.2) is 51.5 Å². The number of aliphatic imine (C=N–C) groups is 1. The third-order valence-electron chi connectivity index (χ3n) is 4.29. The third-order valence-corrected chi connectivity index (χ3v) is 4.29. The molecule has 4 rings (SSSR count). The second-order valence-corrected chi connectivity index (χ2v) is 6.27. The summed E-state index contributed by atoms with van der Waals surface area (Å²) in [7, 11) is 0. The highest BCUT2D eigenvalue weighted by Gasteiger charge is 2.36. The van der Waals surface area contributed by atoms with Crippen LogP contribution in [0.25, 0.3) is 6.08 Å². The van der Waals surface area contributed by atoms with Gasteiger partial charge in [-0.05, 0) is 43.5 Å². The van der Waals surface area contributed by atoms with E-state index in [1.807, 2.05) is 43.3 Å². The Morgan fingerprint density at radius 1 is 1.26 bits per heavy atom. The predicted molar refractivity (Wildman–Crippen MR) is 87.0 cm³/mol. The Kier molecular flexibility index (Phi) is 3.18. The average molecular weight is 307 g/mol. The Bertz CT molecular complexity index is 844. The lowest BCUT2D eigenvalue weighted by atomic mass is 10.1. The van der Waals surface area contributed by atoms with Crippen molar-refractivity contribution in [1.82, 2.24) is 0 Å². The highest BCUT2D eigenvalue weighted by atomic mass is 16.6. The molecule has 23 heavy (non-hydrogen) atoms. The van der Waals surface area contributed by atoms with Crippen molar-refractivity contribution in [2.75, 3.05) is 0 Å². The molecule has 2 aliphatic rings. The number of ether oxygens (including phenoxy) is 1. The van der Waals surface area contributed by atoms with Gasteiger partial charge in [0.2, 0.25) is 5.90 Å². The van der Waals surface area contributed by atoms with Crippen molar-refractivity contribution in [1.29, 1.82) is 0 Å². The van der Waals surface area contributed by atoms with Gasteiger partial charge >= 0.3 is 5.97 Å². The number of carbonyl (C=O) groups excluding carboxylic acids is 1. The number of hydrogen-bond acceptors (Lipinski definition) is 4. The minimum atomic E-state index is -0.445. The molecule has 0 amide bonds. The van der Waals surface area contributed by atoms with Gasteiger partial charge in [-0.25, -0.2) is 9.79 Å². The molecular weight excluding hydrogens is 290 g/mol. The summed E-state index contributed by atoms with van der Waals surface area (Å²) in [5.74, 6) is 2.72. The van der Waals surface area contributed by atoms with Gasteiger partial charge in [-0.2, -0.15) is 0 Å². The fraction of sp³-hybridized carbons (Fsp3) is 0.263. The van der Waals surface area contributed by atoms with E-state index in [9.17, 15) is 4.79 Å². The zero-order valence-electron chi connectivity index (χ0n) is 13.1. The first-order valence-corrected chi connectivity index (χ1v) is 7.79. The Labute approximate surface area is 134 Å². The second kappa shape index (κ2) is 5.23. The van der Waals surface area contributed by atoms with Crippen LogP contribution in [0.4, 0.5) is 0 Å². The maximum atomic E-state index is 12.0. The van der Waals surface area contributed by atoms with E-state index >= 15 is 0 Å². The van der Waals surface area contributed by atoms with E-state index in [2.05, 4.69) is 11.9 Å². The smallest absolute Gasteiger partial charge is 0.363 e. The summed E-state index contributed by atoms with van der Waals surface area (Å²) >= 11 is 0. The molecule has 2 heterocycles. The molecule has 2 atom stereocenters. The largest absolute Gasteiger partial charge is 0.461 e. The van der Waals surface area contributed by atoms with Crippen molar-refractivity contribution in [3.63, 3.8) is 0 Å². The Morgan fingerprint density at radius 3 is 2.83 bits per heavy atom. The van der Waals surface area contributed by atoms with E-state index in [1.54, 1.807) is 6.08 Å².